The molecule has 5 heteroatoms. The number of anilines is 1. The maximum absolute atomic E-state index is 9.66. The zero-order valence-corrected chi connectivity index (χ0v) is 10.9. The number of phenols is 1. The summed E-state index contributed by atoms with van der Waals surface area (Å²) in [6.07, 6.45) is 1.75. The molecule has 0 radical (unpaired) electrons. The van der Waals surface area contributed by atoms with Gasteiger partial charge in [-0.2, -0.15) is 0 Å². The molecule has 0 bridgehead atoms. The molecule has 19 heavy (non-hydrogen) atoms. The van der Waals surface area contributed by atoms with Crippen molar-refractivity contribution in [1.29, 1.82) is 0 Å². The van der Waals surface area contributed by atoms with Gasteiger partial charge < -0.3 is 19.9 Å². The van der Waals surface area contributed by atoms with E-state index in [0.29, 0.717) is 18.2 Å². The van der Waals surface area contributed by atoms with E-state index in [-0.39, 0.29) is 5.75 Å². The number of pyridine rings is 1. The molecule has 1 aromatic heterocycles. The van der Waals surface area contributed by atoms with E-state index in [1.54, 1.807) is 25.4 Å². The van der Waals surface area contributed by atoms with Gasteiger partial charge in [-0.1, -0.05) is 6.07 Å². The van der Waals surface area contributed by atoms with Crippen molar-refractivity contribution in [2.45, 2.75) is 6.54 Å². The van der Waals surface area contributed by atoms with Crippen LogP contribution in [0.2, 0.25) is 0 Å². The fraction of sp³-hybridized carbons (Fsp3) is 0.214. The van der Waals surface area contributed by atoms with Gasteiger partial charge in [-0.15, -0.1) is 0 Å². The van der Waals surface area contributed by atoms with Crippen LogP contribution in [0.25, 0.3) is 0 Å². The van der Waals surface area contributed by atoms with Gasteiger partial charge in [-0.3, -0.25) is 0 Å². The molecule has 1 aromatic carbocycles. The van der Waals surface area contributed by atoms with Gasteiger partial charge in [0.05, 0.1) is 14.2 Å². The number of ether oxygens (including phenoxy) is 2. The number of methoxy groups -OCH3 is 2. The number of aromatic hydroxyl groups is 1. The summed E-state index contributed by atoms with van der Waals surface area (Å²) >= 11 is 0. The zero-order valence-electron chi connectivity index (χ0n) is 10.9. The fourth-order valence-corrected chi connectivity index (χ4v) is 1.64. The third-order valence-electron chi connectivity index (χ3n) is 2.68. The van der Waals surface area contributed by atoms with E-state index < -0.39 is 0 Å². The van der Waals surface area contributed by atoms with Crippen molar-refractivity contribution in [3.05, 3.63) is 42.1 Å². The van der Waals surface area contributed by atoms with Crippen LogP contribution >= 0.6 is 0 Å². The minimum Gasteiger partial charge on any atom is -0.504 e. The molecule has 0 amide bonds. The molecule has 2 aromatic rings. The number of aromatic nitrogens is 1. The second-order valence-electron chi connectivity index (χ2n) is 3.95. The van der Waals surface area contributed by atoms with Crippen LogP contribution in [0.4, 0.5) is 5.69 Å². The predicted octanol–water partition coefficient (Wildman–Crippen LogP) is 2.42. The largest absolute Gasteiger partial charge is 0.504 e. The smallest absolute Gasteiger partial charge is 0.212 e. The Morgan fingerprint density at radius 1 is 1.16 bits per heavy atom. The molecule has 5 nitrogen and oxygen atoms in total. The minimum absolute atomic E-state index is 0.111. The van der Waals surface area contributed by atoms with Gasteiger partial charge in [0.1, 0.15) is 0 Å². The van der Waals surface area contributed by atoms with Crippen LogP contribution in [-0.2, 0) is 6.54 Å². The molecule has 0 saturated carbocycles. The number of nitrogens with zero attached hydrogens (tertiary/aromatic N) is 1. The van der Waals surface area contributed by atoms with Crippen LogP contribution in [0.1, 0.15) is 5.56 Å². The average Bonchev–Trinajstić information content (AvgIpc) is 2.46. The van der Waals surface area contributed by atoms with Crippen molar-refractivity contribution >= 4 is 5.69 Å². The summed E-state index contributed by atoms with van der Waals surface area (Å²) in [5.41, 5.74) is 1.84. The highest BCUT2D eigenvalue weighted by molar-refractivity contribution is 5.54. The van der Waals surface area contributed by atoms with Crippen LogP contribution < -0.4 is 14.8 Å². The van der Waals surface area contributed by atoms with E-state index in [2.05, 4.69) is 10.3 Å². The average molecular weight is 260 g/mol. The van der Waals surface area contributed by atoms with Crippen LogP contribution in [0.3, 0.4) is 0 Å². The van der Waals surface area contributed by atoms with Gasteiger partial charge in [0.25, 0.3) is 0 Å². The van der Waals surface area contributed by atoms with Gasteiger partial charge in [-0.05, 0) is 17.7 Å². The Hall–Kier alpha value is -2.43. The lowest BCUT2D eigenvalue weighted by Crippen LogP contribution is -2.00. The van der Waals surface area contributed by atoms with Crippen molar-refractivity contribution in [3.8, 4) is 17.4 Å². The quantitative estimate of drug-likeness (QED) is 0.864. The molecular weight excluding hydrogens is 244 g/mol. The Morgan fingerprint density at radius 3 is 2.58 bits per heavy atom. The van der Waals surface area contributed by atoms with E-state index in [1.807, 2.05) is 18.2 Å². The number of hydrogen-bond donors (Lipinski definition) is 2. The van der Waals surface area contributed by atoms with Gasteiger partial charge >= 0.3 is 0 Å². The van der Waals surface area contributed by atoms with E-state index in [4.69, 9.17) is 9.47 Å². The first-order valence-corrected chi connectivity index (χ1v) is 5.82. The van der Waals surface area contributed by atoms with Crippen LogP contribution in [0.5, 0.6) is 17.4 Å². The third kappa shape index (κ3) is 3.28. The number of rotatable bonds is 5. The lowest BCUT2D eigenvalue weighted by atomic mass is 10.2. The highest BCUT2D eigenvalue weighted by Crippen LogP contribution is 2.28. The van der Waals surface area contributed by atoms with Gasteiger partial charge in [0.2, 0.25) is 5.88 Å². The first-order valence-electron chi connectivity index (χ1n) is 5.82. The summed E-state index contributed by atoms with van der Waals surface area (Å²) < 4.78 is 9.98. The summed E-state index contributed by atoms with van der Waals surface area (Å²) in [5.74, 6) is 1.16. The summed E-state index contributed by atoms with van der Waals surface area (Å²) in [6, 6.07) is 8.92. The topological polar surface area (TPSA) is 63.6 Å². The van der Waals surface area contributed by atoms with E-state index in [1.165, 1.54) is 7.11 Å². The van der Waals surface area contributed by atoms with Crippen molar-refractivity contribution in [3.63, 3.8) is 0 Å². The molecule has 0 aliphatic carbocycles. The molecule has 1 heterocycles. The van der Waals surface area contributed by atoms with Gasteiger partial charge in [0, 0.05) is 30.6 Å². The summed E-state index contributed by atoms with van der Waals surface area (Å²) in [7, 11) is 3.10. The summed E-state index contributed by atoms with van der Waals surface area (Å²) in [4.78, 5) is 4.12. The monoisotopic (exact) mass is 260 g/mol. The zero-order chi connectivity index (χ0) is 13.7. The number of nitrogens with one attached hydrogen (secondary N) is 1. The molecule has 0 spiro atoms. The molecule has 0 unspecified atom stereocenters. The predicted molar refractivity (Wildman–Crippen MR) is 72.8 cm³/mol. The first kappa shape index (κ1) is 13.0. The van der Waals surface area contributed by atoms with Crippen molar-refractivity contribution in [2.75, 3.05) is 19.5 Å². The molecule has 2 N–H and O–H groups in total. The molecule has 0 saturated heterocycles. The molecule has 100 valence electrons. The Bertz CT molecular complexity index is 541. The maximum Gasteiger partial charge on any atom is 0.212 e. The Kier molecular flexibility index (Phi) is 4.07. The lowest BCUT2D eigenvalue weighted by molar-refractivity contribution is 0.373. The second-order valence-corrected chi connectivity index (χ2v) is 3.95. The number of benzene rings is 1. The van der Waals surface area contributed by atoms with E-state index in [0.717, 1.165) is 11.3 Å². The molecule has 0 aliphatic rings. The Morgan fingerprint density at radius 2 is 2.00 bits per heavy atom. The van der Waals surface area contributed by atoms with Crippen LogP contribution in [-0.4, -0.2) is 24.3 Å². The highest BCUT2D eigenvalue weighted by atomic mass is 16.5. The van der Waals surface area contributed by atoms with Gasteiger partial charge in [-0.25, -0.2) is 4.98 Å². The van der Waals surface area contributed by atoms with Gasteiger partial charge in [0.15, 0.2) is 11.5 Å². The Balaban J connectivity index is 1.99. The van der Waals surface area contributed by atoms with Crippen molar-refractivity contribution < 1.29 is 14.6 Å². The normalized spacial score (nSPS) is 10.0. The molecule has 2 rings (SSSR count). The van der Waals surface area contributed by atoms with E-state index >= 15 is 0 Å². The number of phenolic OH excluding ortho intramolecular Hbond substituents is 1. The summed E-state index contributed by atoms with van der Waals surface area (Å²) in [5, 5.41) is 12.9. The maximum atomic E-state index is 9.66. The lowest BCUT2D eigenvalue weighted by Gasteiger charge is -2.09. The third-order valence-corrected chi connectivity index (χ3v) is 2.68. The Labute approximate surface area is 111 Å². The van der Waals surface area contributed by atoms with Crippen molar-refractivity contribution in [2.24, 2.45) is 0 Å². The molecule has 0 atom stereocenters. The molecule has 0 aliphatic heterocycles. The highest BCUT2D eigenvalue weighted by Gasteiger charge is 2.02. The SMILES string of the molecule is COc1ccc(CNc2ccc(OC)c(O)c2)cn1. The van der Waals surface area contributed by atoms with E-state index in [9.17, 15) is 5.11 Å². The summed E-state index contributed by atoms with van der Waals surface area (Å²) in [6.45, 7) is 0.614. The van der Waals surface area contributed by atoms with Crippen LogP contribution in [0.15, 0.2) is 36.5 Å². The first-order chi connectivity index (χ1) is 9.22. The van der Waals surface area contributed by atoms with Crippen molar-refractivity contribution in [1.82, 2.24) is 4.98 Å². The second kappa shape index (κ2) is 5.95. The standard InChI is InChI=1S/C14H16N2O3/c1-18-13-5-4-11(7-12(13)17)15-8-10-3-6-14(19-2)16-9-10/h3-7,9,15,17H,8H2,1-2H3. The number of hydrogen-bond acceptors (Lipinski definition) is 5. The minimum atomic E-state index is 0.111. The molecular formula is C14H16N2O3. The molecule has 0 fully saturated rings. The van der Waals surface area contributed by atoms with Crippen LogP contribution in [0, 0.1) is 0 Å². The fourth-order valence-electron chi connectivity index (χ4n) is 1.64.